The molecule has 0 aliphatic heterocycles. The van der Waals surface area contributed by atoms with Crippen molar-refractivity contribution in [1.29, 1.82) is 0 Å². The summed E-state index contributed by atoms with van der Waals surface area (Å²) in [6, 6.07) is 9.59. The quantitative estimate of drug-likeness (QED) is 0.348. The van der Waals surface area contributed by atoms with Crippen LogP contribution in [0.2, 0.25) is 10.0 Å². The van der Waals surface area contributed by atoms with Gasteiger partial charge in [-0.05, 0) is 61.0 Å². The maximum absolute atomic E-state index is 13.7. The molecule has 0 bridgehead atoms. The molecule has 0 aliphatic rings. The number of rotatable bonds is 7. The van der Waals surface area contributed by atoms with Crippen molar-refractivity contribution >= 4 is 69.8 Å². The number of nitrogens with one attached hydrogen (secondary N) is 4. The molecule has 30 heavy (non-hydrogen) atoms. The number of hydrogen-bond donors (Lipinski definition) is 4. The van der Waals surface area contributed by atoms with Crippen LogP contribution in [-0.4, -0.2) is 35.0 Å². The van der Waals surface area contributed by atoms with Crippen LogP contribution < -0.4 is 21.5 Å². The van der Waals surface area contributed by atoms with E-state index in [0.29, 0.717) is 17.2 Å². The van der Waals surface area contributed by atoms with Crippen LogP contribution in [0.15, 0.2) is 42.5 Å². The molecule has 0 heterocycles. The van der Waals surface area contributed by atoms with Gasteiger partial charge in [0, 0.05) is 5.02 Å². The Morgan fingerprint density at radius 2 is 1.90 bits per heavy atom. The van der Waals surface area contributed by atoms with Crippen LogP contribution in [0.1, 0.15) is 16.8 Å². The molecule has 0 aromatic heterocycles. The molecule has 2 aromatic carbocycles. The molecule has 6 nitrogen and oxygen atoms in total. The Bertz CT molecular complexity index is 933. The minimum atomic E-state index is -0.847. The van der Waals surface area contributed by atoms with Gasteiger partial charge in [-0.15, -0.1) is 0 Å². The number of thioether (sulfide) groups is 1. The highest BCUT2D eigenvalue weighted by molar-refractivity contribution is 7.98. The molecule has 0 spiro atoms. The first-order valence-electron chi connectivity index (χ1n) is 8.68. The molecule has 0 saturated carbocycles. The molecule has 1 atom stereocenters. The summed E-state index contributed by atoms with van der Waals surface area (Å²) in [6.45, 7) is 0. The molecule has 160 valence electrons. The smallest absolute Gasteiger partial charge is 0.260 e. The van der Waals surface area contributed by atoms with Crippen LogP contribution in [0.3, 0.4) is 0 Å². The lowest BCUT2D eigenvalue weighted by atomic mass is 10.1. The van der Waals surface area contributed by atoms with E-state index in [1.54, 1.807) is 12.1 Å². The van der Waals surface area contributed by atoms with Gasteiger partial charge in [0.25, 0.3) is 11.8 Å². The van der Waals surface area contributed by atoms with E-state index in [9.17, 15) is 14.0 Å². The summed E-state index contributed by atoms with van der Waals surface area (Å²) < 4.78 is 13.7. The van der Waals surface area contributed by atoms with Crippen molar-refractivity contribution in [1.82, 2.24) is 16.2 Å². The summed E-state index contributed by atoms with van der Waals surface area (Å²) in [5, 5.41) is 5.86. The van der Waals surface area contributed by atoms with Crippen LogP contribution in [0, 0.1) is 5.82 Å². The van der Waals surface area contributed by atoms with Crippen molar-refractivity contribution in [2.45, 2.75) is 12.5 Å². The van der Waals surface area contributed by atoms with Gasteiger partial charge in [-0.1, -0.05) is 35.3 Å². The fraction of sp³-hybridized carbons (Fsp3) is 0.211. The first-order chi connectivity index (χ1) is 14.3. The summed E-state index contributed by atoms with van der Waals surface area (Å²) in [5.41, 5.74) is 5.28. The Balaban J connectivity index is 1.97. The van der Waals surface area contributed by atoms with E-state index in [1.807, 2.05) is 6.26 Å². The van der Waals surface area contributed by atoms with Gasteiger partial charge in [0.15, 0.2) is 5.11 Å². The Labute approximate surface area is 193 Å². The first-order valence-corrected chi connectivity index (χ1v) is 11.2. The predicted octanol–water partition coefficient (Wildman–Crippen LogP) is 4.00. The number of amides is 2. The normalized spacial score (nSPS) is 11.3. The molecule has 2 amide bonds. The first kappa shape index (κ1) is 24.2. The zero-order chi connectivity index (χ0) is 22.1. The highest BCUT2D eigenvalue weighted by Crippen LogP contribution is 2.21. The third-order valence-corrected chi connectivity index (χ3v) is 5.23. The average molecular weight is 489 g/mol. The third-order valence-electron chi connectivity index (χ3n) is 3.83. The zero-order valence-electron chi connectivity index (χ0n) is 15.8. The molecule has 0 fully saturated rings. The lowest BCUT2D eigenvalue weighted by molar-refractivity contribution is -0.123. The SMILES string of the molecule is CSCCC(NC(=O)c1ccc(Cl)cc1Cl)C(=O)NNC(=S)Nc1ccccc1F. The second kappa shape index (κ2) is 11.9. The number of halogens is 3. The Kier molecular flexibility index (Phi) is 9.64. The largest absolute Gasteiger partial charge is 0.340 e. The van der Waals surface area contributed by atoms with Crippen molar-refractivity contribution in [3.8, 4) is 0 Å². The van der Waals surface area contributed by atoms with E-state index >= 15 is 0 Å². The van der Waals surface area contributed by atoms with E-state index in [2.05, 4.69) is 21.5 Å². The van der Waals surface area contributed by atoms with Crippen molar-refractivity contribution in [2.24, 2.45) is 0 Å². The highest BCUT2D eigenvalue weighted by atomic mass is 35.5. The van der Waals surface area contributed by atoms with Gasteiger partial charge < -0.3 is 10.6 Å². The molecule has 0 aliphatic carbocycles. The lowest BCUT2D eigenvalue weighted by Gasteiger charge is -2.19. The maximum atomic E-state index is 13.7. The van der Waals surface area contributed by atoms with Gasteiger partial charge >= 0.3 is 0 Å². The summed E-state index contributed by atoms with van der Waals surface area (Å²) in [5.74, 6) is -0.881. The van der Waals surface area contributed by atoms with Gasteiger partial charge in [0.05, 0.1) is 16.3 Å². The molecule has 4 N–H and O–H groups in total. The Morgan fingerprint density at radius 1 is 1.17 bits per heavy atom. The molecular formula is C19H19Cl2FN4O2S2. The summed E-state index contributed by atoms with van der Waals surface area (Å²) in [4.78, 5) is 25.1. The summed E-state index contributed by atoms with van der Waals surface area (Å²) >= 11 is 18.5. The number of thiocarbonyl (C=S) groups is 1. The fourth-order valence-corrected chi connectivity index (χ4v) is 3.46. The minimum absolute atomic E-state index is 0.0101. The standard InChI is InChI=1S/C19H19Cl2FN4O2S2/c1-30-9-8-16(23-17(27)12-7-6-11(20)10-13(12)21)18(28)25-26-19(29)24-15-5-3-2-4-14(15)22/h2-7,10,16H,8-9H2,1H3,(H,23,27)(H,25,28)(H2,24,26,29). The highest BCUT2D eigenvalue weighted by Gasteiger charge is 2.22. The summed E-state index contributed by atoms with van der Waals surface area (Å²) in [6.07, 6.45) is 2.26. The lowest BCUT2D eigenvalue weighted by Crippen LogP contribution is -2.53. The van der Waals surface area contributed by atoms with Gasteiger partial charge in [-0.3, -0.25) is 20.4 Å². The second-order valence-corrected chi connectivity index (χ2v) is 8.22. The number of para-hydroxylation sites is 1. The molecule has 0 radical (unpaired) electrons. The number of carbonyl (C=O) groups excluding carboxylic acids is 2. The van der Waals surface area contributed by atoms with Crippen molar-refractivity contribution in [2.75, 3.05) is 17.3 Å². The minimum Gasteiger partial charge on any atom is -0.340 e. The summed E-state index contributed by atoms with van der Waals surface area (Å²) in [7, 11) is 0. The molecule has 1 unspecified atom stereocenters. The number of carbonyl (C=O) groups is 2. The topological polar surface area (TPSA) is 82.3 Å². The van der Waals surface area contributed by atoms with Gasteiger partial charge in [0.1, 0.15) is 11.9 Å². The Hall–Kier alpha value is -2.07. The van der Waals surface area contributed by atoms with Crippen LogP contribution >= 0.6 is 47.2 Å². The monoisotopic (exact) mass is 488 g/mol. The van der Waals surface area contributed by atoms with Gasteiger partial charge in [-0.25, -0.2) is 4.39 Å². The van der Waals surface area contributed by atoms with E-state index in [0.717, 1.165) is 0 Å². The fourth-order valence-electron chi connectivity index (χ4n) is 2.34. The van der Waals surface area contributed by atoms with Crippen LogP contribution in [0.4, 0.5) is 10.1 Å². The van der Waals surface area contributed by atoms with Gasteiger partial charge in [-0.2, -0.15) is 11.8 Å². The third kappa shape index (κ3) is 7.32. The van der Waals surface area contributed by atoms with Gasteiger partial charge in [0.2, 0.25) is 0 Å². The Morgan fingerprint density at radius 3 is 2.57 bits per heavy atom. The molecule has 11 heteroatoms. The molecule has 0 saturated heterocycles. The average Bonchev–Trinajstić information content (AvgIpc) is 2.70. The van der Waals surface area contributed by atoms with Crippen molar-refractivity contribution < 1.29 is 14.0 Å². The molecule has 2 aromatic rings. The number of hydrogen-bond acceptors (Lipinski definition) is 4. The molecular weight excluding hydrogens is 470 g/mol. The molecule has 2 rings (SSSR count). The van der Waals surface area contributed by atoms with Crippen LogP contribution in [-0.2, 0) is 4.79 Å². The predicted molar refractivity (Wildman–Crippen MR) is 125 cm³/mol. The van der Waals surface area contributed by atoms with E-state index in [4.69, 9.17) is 35.4 Å². The van der Waals surface area contributed by atoms with Crippen LogP contribution in [0.5, 0.6) is 0 Å². The number of hydrazine groups is 1. The van der Waals surface area contributed by atoms with E-state index in [1.165, 1.54) is 42.1 Å². The van der Waals surface area contributed by atoms with Crippen LogP contribution in [0.25, 0.3) is 0 Å². The van der Waals surface area contributed by atoms with E-state index in [-0.39, 0.29) is 21.4 Å². The number of benzene rings is 2. The van der Waals surface area contributed by atoms with Crippen molar-refractivity contribution in [3.63, 3.8) is 0 Å². The zero-order valence-corrected chi connectivity index (χ0v) is 18.9. The maximum Gasteiger partial charge on any atom is 0.260 e. The second-order valence-electron chi connectivity index (χ2n) is 5.98. The van der Waals surface area contributed by atoms with E-state index < -0.39 is 23.7 Å². The number of anilines is 1. The van der Waals surface area contributed by atoms with Crippen molar-refractivity contribution in [3.05, 3.63) is 63.9 Å².